The zero-order chi connectivity index (χ0) is 32.5. The van der Waals surface area contributed by atoms with Gasteiger partial charge in [0, 0.05) is 7.11 Å². The number of halogens is 1. The first kappa shape index (κ1) is 31.2. The van der Waals surface area contributed by atoms with Crippen molar-refractivity contribution >= 4 is 57.0 Å². The second-order valence-corrected chi connectivity index (χ2v) is 14.0. The number of nitrogens with two attached hydrogens (primary N) is 2. The van der Waals surface area contributed by atoms with Crippen LogP contribution in [-0.4, -0.2) is 109 Å². The van der Waals surface area contributed by atoms with E-state index in [9.17, 15) is 18.8 Å². The van der Waals surface area contributed by atoms with Crippen LogP contribution in [0.3, 0.4) is 0 Å². The number of H-pyrrole nitrogens is 1. The number of aromatic nitrogens is 8. The van der Waals surface area contributed by atoms with Gasteiger partial charge in [-0.05, 0) is 0 Å². The molecule has 7 heterocycles. The lowest BCUT2D eigenvalue weighted by molar-refractivity contribution is -0.0630. The molecule has 3 aliphatic heterocycles. The largest absolute Gasteiger partial charge is 0.472 e. The Morgan fingerprint density at radius 2 is 1.70 bits per heavy atom. The molecule has 10 atom stereocenters. The molecule has 0 spiro atoms. The minimum atomic E-state index is -5.03. The van der Waals surface area contributed by atoms with Crippen molar-refractivity contribution in [3.63, 3.8) is 0 Å². The summed E-state index contributed by atoms with van der Waals surface area (Å²) in [7, 11) is -6.73. The number of alkyl halides is 1. The molecule has 3 saturated heterocycles. The quantitative estimate of drug-likeness (QED) is 0.147. The third-order valence-electron chi connectivity index (χ3n) is 7.65. The maximum absolute atomic E-state index is 16.1. The lowest BCUT2D eigenvalue weighted by Crippen LogP contribution is -2.37. The maximum atomic E-state index is 16.1. The minimum Gasteiger partial charge on any atom is -0.382 e. The number of nitrogens with one attached hydrogen (secondary N) is 1. The summed E-state index contributed by atoms with van der Waals surface area (Å²) in [5, 5.41) is 0. The number of nitrogens with zero attached hydrogens (tertiary/aromatic N) is 7. The third kappa shape index (κ3) is 5.41. The van der Waals surface area contributed by atoms with E-state index >= 15 is 4.39 Å². The monoisotopic (exact) mass is 686 g/mol. The fraction of sp³-hybridized carbons (Fsp3) is 0.524. The Kier molecular flexibility index (Phi) is 7.75. The molecule has 0 aliphatic carbocycles. The number of aromatic amines is 1. The summed E-state index contributed by atoms with van der Waals surface area (Å²) in [6, 6.07) is 0. The van der Waals surface area contributed by atoms with Crippen molar-refractivity contribution in [2.45, 2.75) is 49.1 Å². The smallest absolute Gasteiger partial charge is 0.382 e. The molecule has 0 aromatic carbocycles. The SMILES string of the molecule is B[P@]1(=O)OC[C@H]2O[C@@H](n3cnc4c(=O)[nH]c(N)nc43)[C@H](OP(=O)(O)OC[C@H]3O[C@@H](n4cnc5c(N)ncnc54)[C@H](F)[C@@H]3O1)[C@@H]2OC. The van der Waals surface area contributed by atoms with Gasteiger partial charge >= 0.3 is 7.82 Å². The van der Waals surface area contributed by atoms with Gasteiger partial charge in [-0.1, -0.05) is 0 Å². The maximum Gasteiger partial charge on any atom is 0.472 e. The summed E-state index contributed by atoms with van der Waals surface area (Å²) in [5.41, 5.74) is 11.1. The van der Waals surface area contributed by atoms with E-state index < -0.39 is 83.2 Å². The normalized spacial score (nSPS) is 37.1. The van der Waals surface area contributed by atoms with E-state index in [0.29, 0.717) is 0 Å². The zero-order valence-corrected chi connectivity index (χ0v) is 25.6. The Hall–Kier alpha value is -3.37. The summed E-state index contributed by atoms with van der Waals surface area (Å²) in [5.74, 6) is -0.182. The molecular formula is C21H26BFN10O11P2. The summed E-state index contributed by atoms with van der Waals surface area (Å²) >= 11 is 0. The number of methoxy groups -OCH3 is 1. The van der Waals surface area contributed by atoms with Gasteiger partial charge in [-0.25, -0.2) is 28.9 Å². The molecule has 21 nitrogen and oxygen atoms in total. The van der Waals surface area contributed by atoms with Crippen molar-refractivity contribution in [1.29, 1.82) is 0 Å². The lowest BCUT2D eigenvalue weighted by atomic mass is 10.1. The highest BCUT2D eigenvalue weighted by Crippen LogP contribution is 2.54. The molecular weight excluding hydrogens is 660 g/mol. The van der Waals surface area contributed by atoms with Crippen molar-refractivity contribution in [3.8, 4) is 0 Å². The number of hydrogen-bond donors (Lipinski definition) is 4. The highest BCUT2D eigenvalue weighted by atomic mass is 31.2. The van der Waals surface area contributed by atoms with E-state index in [1.54, 1.807) is 0 Å². The Labute approximate surface area is 257 Å². The second-order valence-electron chi connectivity index (χ2n) is 10.6. The van der Waals surface area contributed by atoms with Crippen LogP contribution in [0.15, 0.2) is 23.8 Å². The van der Waals surface area contributed by atoms with Gasteiger partial charge in [0.05, 0.1) is 25.9 Å². The standard InChI is InChI=1S/C21H26BFN10O11P2/c1-38-13-8-2-39-45(22,35)43-12-7(41-19(9(12)23)32-5-28-10-15(24)26-4-27-16(10)32)3-40-46(36,37)44-14(13)20(42-8)33-6-29-11-17(33)30-21(25)31-18(11)34/h4-9,12-14,19-20H,2-3,22H2,1H3,(H,36,37)(H2,24,26,27)(H3,25,30,31,34)/t7-,8-,9-,12-,13-,14-,19-,20-,45+/m1/s1. The van der Waals surface area contributed by atoms with Crippen molar-refractivity contribution in [1.82, 2.24) is 39.0 Å². The second kappa shape index (κ2) is 11.4. The molecule has 3 fully saturated rings. The summed E-state index contributed by atoms with van der Waals surface area (Å²) in [6.07, 6.45) is -7.89. The Morgan fingerprint density at radius 1 is 1.00 bits per heavy atom. The number of nitrogen functional groups attached to an aromatic ring is 2. The van der Waals surface area contributed by atoms with E-state index in [0.717, 1.165) is 13.9 Å². The van der Waals surface area contributed by atoms with E-state index in [1.165, 1.54) is 28.9 Å². The first-order chi connectivity index (χ1) is 21.9. The van der Waals surface area contributed by atoms with Crippen molar-refractivity contribution in [2.24, 2.45) is 0 Å². The molecule has 46 heavy (non-hydrogen) atoms. The van der Waals surface area contributed by atoms with Crippen LogP contribution in [-0.2, 0) is 41.4 Å². The Bertz CT molecular complexity index is 1960. The molecule has 4 aromatic heterocycles. The van der Waals surface area contributed by atoms with Gasteiger partial charge in [-0.2, -0.15) is 4.98 Å². The van der Waals surface area contributed by atoms with Crippen molar-refractivity contribution in [2.75, 3.05) is 31.8 Å². The van der Waals surface area contributed by atoms with Crippen LogP contribution in [0.1, 0.15) is 12.5 Å². The fourth-order valence-electron chi connectivity index (χ4n) is 5.64. The average Bonchev–Trinajstić information content (AvgIpc) is 3.75. The highest BCUT2D eigenvalue weighted by molar-refractivity contribution is 7.79. The number of fused-ring (bicyclic) bond motifs is 5. The zero-order valence-electron chi connectivity index (χ0n) is 23.9. The summed E-state index contributed by atoms with van der Waals surface area (Å²) in [4.78, 5) is 45.8. The molecule has 25 heteroatoms. The molecule has 6 N–H and O–H groups in total. The van der Waals surface area contributed by atoms with Crippen LogP contribution >= 0.6 is 15.3 Å². The van der Waals surface area contributed by atoms with Gasteiger partial charge < -0.3 is 39.6 Å². The van der Waals surface area contributed by atoms with Crippen LogP contribution < -0.4 is 17.0 Å². The summed E-state index contributed by atoms with van der Waals surface area (Å²) in [6.45, 7) is -1.23. The predicted molar refractivity (Wildman–Crippen MR) is 153 cm³/mol. The van der Waals surface area contributed by atoms with Crippen molar-refractivity contribution < 1.29 is 50.7 Å². The van der Waals surface area contributed by atoms with Crippen LogP contribution in [0, 0.1) is 0 Å². The van der Waals surface area contributed by atoms with E-state index in [2.05, 4.69) is 29.9 Å². The molecule has 0 saturated carbocycles. The van der Waals surface area contributed by atoms with Gasteiger partial charge in [0.15, 0.2) is 41.3 Å². The molecule has 0 amide bonds. The highest BCUT2D eigenvalue weighted by Gasteiger charge is 2.54. The molecule has 246 valence electrons. The van der Waals surface area contributed by atoms with E-state index in [4.69, 9.17) is 43.8 Å². The molecule has 4 aromatic rings. The minimum absolute atomic E-state index is 0.0307. The first-order valence-electron chi connectivity index (χ1n) is 13.5. The first-order valence-corrected chi connectivity index (χ1v) is 17.0. The lowest BCUT2D eigenvalue weighted by Gasteiger charge is -2.26. The van der Waals surface area contributed by atoms with Gasteiger partial charge in [0.2, 0.25) is 5.95 Å². The molecule has 2 bridgehead atoms. The van der Waals surface area contributed by atoms with E-state index in [-0.39, 0.29) is 34.1 Å². The number of phosphoric ester groups is 1. The van der Waals surface area contributed by atoms with Gasteiger partial charge in [-0.3, -0.25) is 32.5 Å². The number of ether oxygens (including phenoxy) is 3. The molecule has 1 unspecified atom stereocenters. The average molecular weight is 686 g/mol. The van der Waals surface area contributed by atoms with E-state index in [1.807, 2.05) is 0 Å². The Morgan fingerprint density at radius 3 is 2.46 bits per heavy atom. The third-order valence-corrected chi connectivity index (χ3v) is 9.88. The van der Waals surface area contributed by atoms with Crippen LogP contribution in [0.4, 0.5) is 16.2 Å². The number of rotatable bonds is 3. The van der Waals surface area contributed by atoms with Crippen molar-refractivity contribution in [3.05, 3.63) is 29.3 Å². The van der Waals surface area contributed by atoms with Gasteiger partial charge in [0.25, 0.3) is 20.6 Å². The number of hydrogen-bond acceptors (Lipinski definition) is 17. The molecule has 3 aliphatic rings. The molecule has 7 rings (SSSR count). The Balaban J connectivity index is 1.22. The number of phosphoric acid groups is 1. The summed E-state index contributed by atoms with van der Waals surface area (Å²) < 4.78 is 85.1. The topological polar surface area (TPSA) is 278 Å². The van der Waals surface area contributed by atoms with Gasteiger partial charge in [0.1, 0.15) is 42.4 Å². The van der Waals surface area contributed by atoms with Crippen LogP contribution in [0.25, 0.3) is 22.3 Å². The van der Waals surface area contributed by atoms with Crippen LogP contribution in [0.2, 0.25) is 0 Å². The molecule has 0 radical (unpaired) electrons. The predicted octanol–water partition coefficient (Wildman–Crippen LogP) is -1.07. The number of imidazole rings is 2. The number of anilines is 2. The fourth-order valence-corrected chi connectivity index (χ4v) is 7.74. The van der Waals surface area contributed by atoms with Gasteiger partial charge in [-0.15, -0.1) is 0 Å². The van der Waals surface area contributed by atoms with Crippen LogP contribution in [0.5, 0.6) is 0 Å².